The molecule has 0 aliphatic rings. The standard InChI is InChI=1S/C26H22N4O3/c1-27-26(32)24-17-21(15-16-28-24)33-20-13-11-19(12-14-20)30-25(31)22-9-5-6-10-23(22)29-18-7-3-2-4-8-18/h2-17,29H,1H3,(H,27,32)(H,30,31). The fourth-order valence-electron chi connectivity index (χ4n) is 3.13. The Morgan fingerprint density at radius 2 is 1.48 bits per heavy atom. The van der Waals surface area contributed by atoms with Crippen LogP contribution in [0.25, 0.3) is 0 Å². The lowest BCUT2D eigenvalue weighted by Crippen LogP contribution is -2.18. The zero-order chi connectivity index (χ0) is 23.0. The third-order valence-electron chi connectivity index (χ3n) is 4.76. The summed E-state index contributed by atoms with van der Waals surface area (Å²) in [7, 11) is 1.54. The molecule has 1 aromatic heterocycles. The second-order valence-corrected chi connectivity index (χ2v) is 7.07. The fraction of sp³-hybridized carbons (Fsp3) is 0.0385. The molecule has 33 heavy (non-hydrogen) atoms. The number of para-hydroxylation sites is 2. The Balaban J connectivity index is 1.44. The maximum absolute atomic E-state index is 12.9. The number of pyridine rings is 1. The molecule has 0 atom stereocenters. The Kier molecular flexibility index (Phi) is 6.61. The Morgan fingerprint density at radius 3 is 2.24 bits per heavy atom. The van der Waals surface area contributed by atoms with Gasteiger partial charge in [0.2, 0.25) is 0 Å². The molecule has 3 N–H and O–H groups in total. The van der Waals surface area contributed by atoms with Gasteiger partial charge in [-0.1, -0.05) is 30.3 Å². The van der Waals surface area contributed by atoms with Gasteiger partial charge in [-0.2, -0.15) is 0 Å². The number of ether oxygens (including phenoxy) is 1. The van der Waals surface area contributed by atoms with E-state index in [2.05, 4.69) is 20.9 Å². The third kappa shape index (κ3) is 5.54. The molecule has 0 spiro atoms. The van der Waals surface area contributed by atoms with Gasteiger partial charge in [-0.15, -0.1) is 0 Å². The summed E-state index contributed by atoms with van der Waals surface area (Å²) < 4.78 is 5.80. The number of anilines is 3. The number of benzene rings is 3. The smallest absolute Gasteiger partial charge is 0.269 e. The molecule has 164 valence electrons. The molecule has 0 bridgehead atoms. The Hall–Kier alpha value is -4.65. The largest absolute Gasteiger partial charge is 0.457 e. The summed E-state index contributed by atoms with van der Waals surface area (Å²) in [6.45, 7) is 0. The zero-order valence-electron chi connectivity index (χ0n) is 17.9. The van der Waals surface area contributed by atoms with E-state index in [4.69, 9.17) is 4.74 Å². The lowest BCUT2D eigenvalue weighted by Gasteiger charge is -2.13. The van der Waals surface area contributed by atoms with Gasteiger partial charge in [0.05, 0.1) is 11.3 Å². The minimum atomic E-state index is -0.291. The van der Waals surface area contributed by atoms with E-state index in [1.165, 1.54) is 6.20 Å². The molecule has 0 radical (unpaired) electrons. The van der Waals surface area contributed by atoms with E-state index < -0.39 is 0 Å². The van der Waals surface area contributed by atoms with Crippen LogP contribution in [-0.2, 0) is 0 Å². The van der Waals surface area contributed by atoms with Crippen LogP contribution in [0.2, 0.25) is 0 Å². The summed E-state index contributed by atoms with van der Waals surface area (Å²) in [5, 5.41) is 8.71. The second-order valence-electron chi connectivity index (χ2n) is 7.07. The molecule has 3 aromatic carbocycles. The van der Waals surface area contributed by atoms with Gasteiger partial charge in [-0.25, -0.2) is 0 Å². The Labute approximate surface area is 191 Å². The predicted molar refractivity (Wildman–Crippen MR) is 128 cm³/mol. The number of nitrogens with one attached hydrogen (secondary N) is 3. The van der Waals surface area contributed by atoms with E-state index in [0.29, 0.717) is 28.4 Å². The number of carbonyl (C=O) groups is 2. The maximum Gasteiger partial charge on any atom is 0.269 e. The Morgan fingerprint density at radius 1 is 0.758 bits per heavy atom. The highest BCUT2D eigenvalue weighted by Crippen LogP contribution is 2.25. The molecule has 0 saturated carbocycles. The minimum Gasteiger partial charge on any atom is -0.457 e. The molecule has 0 fully saturated rings. The van der Waals surface area contributed by atoms with Crippen molar-refractivity contribution in [3.8, 4) is 11.5 Å². The second kappa shape index (κ2) is 10.1. The highest BCUT2D eigenvalue weighted by atomic mass is 16.5. The van der Waals surface area contributed by atoms with Gasteiger partial charge in [-0.3, -0.25) is 14.6 Å². The SMILES string of the molecule is CNC(=O)c1cc(Oc2ccc(NC(=O)c3ccccc3Nc3ccccc3)cc2)ccn1. The topological polar surface area (TPSA) is 92.4 Å². The first kappa shape index (κ1) is 21.6. The summed E-state index contributed by atoms with van der Waals surface area (Å²) >= 11 is 0. The van der Waals surface area contributed by atoms with Crippen molar-refractivity contribution in [3.05, 3.63) is 108 Å². The van der Waals surface area contributed by atoms with Crippen LogP contribution in [0, 0.1) is 0 Å². The van der Waals surface area contributed by atoms with Crippen LogP contribution in [-0.4, -0.2) is 23.8 Å². The van der Waals surface area contributed by atoms with Gasteiger partial charge < -0.3 is 20.7 Å². The zero-order valence-corrected chi connectivity index (χ0v) is 17.9. The number of nitrogens with zero attached hydrogens (tertiary/aromatic N) is 1. The van der Waals surface area contributed by atoms with Crippen LogP contribution >= 0.6 is 0 Å². The first-order valence-corrected chi connectivity index (χ1v) is 10.3. The van der Waals surface area contributed by atoms with Crippen molar-refractivity contribution in [2.24, 2.45) is 0 Å². The maximum atomic E-state index is 12.9. The van der Waals surface area contributed by atoms with Gasteiger partial charge in [0, 0.05) is 30.7 Å². The number of amides is 2. The molecule has 4 rings (SSSR count). The highest BCUT2D eigenvalue weighted by Gasteiger charge is 2.12. The van der Waals surface area contributed by atoms with Gasteiger partial charge in [-0.05, 0) is 54.6 Å². The van der Waals surface area contributed by atoms with Crippen molar-refractivity contribution in [1.29, 1.82) is 0 Å². The van der Waals surface area contributed by atoms with Gasteiger partial charge >= 0.3 is 0 Å². The summed E-state index contributed by atoms with van der Waals surface area (Å²) in [5.74, 6) is 0.530. The number of hydrogen-bond acceptors (Lipinski definition) is 5. The third-order valence-corrected chi connectivity index (χ3v) is 4.76. The molecular formula is C26H22N4O3. The summed E-state index contributed by atoms with van der Waals surface area (Å²) in [6.07, 6.45) is 1.51. The quantitative estimate of drug-likeness (QED) is 0.367. The molecule has 7 nitrogen and oxygen atoms in total. The van der Waals surface area contributed by atoms with Crippen LogP contribution in [0.4, 0.5) is 17.1 Å². The van der Waals surface area contributed by atoms with Crippen molar-refractivity contribution in [3.63, 3.8) is 0 Å². The summed E-state index contributed by atoms with van der Waals surface area (Å²) in [6, 6.07) is 27.2. The average molecular weight is 438 g/mol. The molecule has 4 aromatic rings. The molecular weight excluding hydrogens is 416 g/mol. The van der Waals surface area contributed by atoms with Gasteiger partial charge in [0.15, 0.2) is 0 Å². The monoisotopic (exact) mass is 438 g/mol. The molecule has 0 saturated heterocycles. The van der Waals surface area contributed by atoms with Crippen LogP contribution < -0.4 is 20.7 Å². The van der Waals surface area contributed by atoms with Crippen LogP contribution in [0.15, 0.2) is 97.2 Å². The van der Waals surface area contributed by atoms with Crippen molar-refractivity contribution in [2.75, 3.05) is 17.7 Å². The lowest BCUT2D eigenvalue weighted by atomic mass is 10.1. The lowest BCUT2D eigenvalue weighted by molar-refractivity contribution is 0.0957. The highest BCUT2D eigenvalue weighted by molar-refractivity contribution is 6.08. The summed E-state index contributed by atoms with van der Waals surface area (Å²) in [4.78, 5) is 28.7. The van der Waals surface area contributed by atoms with Gasteiger partial charge in [0.1, 0.15) is 17.2 Å². The van der Waals surface area contributed by atoms with E-state index >= 15 is 0 Å². The van der Waals surface area contributed by atoms with E-state index in [9.17, 15) is 9.59 Å². The normalized spacial score (nSPS) is 10.2. The van der Waals surface area contributed by atoms with Crippen LogP contribution in [0.5, 0.6) is 11.5 Å². The van der Waals surface area contributed by atoms with E-state index in [0.717, 1.165) is 5.69 Å². The molecule has 1 heterocycles. The van der Waals surface area contributed by atoms with E-state index in [1.807, 2.05) is 48.5 Å². The first-order chi connectivity index (χ1) is 16.1. The molecule has 7 heteroatoms. The van der Waals surface area contributed by atoms with Crippen molar-refractivity contribution >= 4 is 28.9 Å². The first-order valence-electron chi connectivity index (χ1n) is 10.3. The number of aromatic nitrogens is 1. The van der Waals surface area contributed by atoms with Crippen LogP contribution in [0.3, 0.4) is 0 Å². The number of carbonyl (C=O) groups excluding carboxylic acids is 2. The average Bonchev–Trinajstić information content (AvgIpc) is 2.86. The molecule has 2 amide bonds. The van der Waals surface area contributed by atoms with Crippen LogP contribution in [0.1, 0.15) is 20.8 Å². The minimum absolute atomic E-state index is 0.230. The van der Waals surface area contributed by atoms with E-state index in [1.54, 1.807) is 49.5 Å². The number of hydrogen-bond donors (Lipinski definition) is 3. The molecule has 0 unspecified atom stereocenters. The van der Waals surface area contributed by atoms with Gasteiger partial charge in [0.25, 0.3) is 11.8 Å². The predicted octanol–water partition coefficient (Wildman–Crippen LogP) is 5.23. The Bertz CT molecular complexity index is 1260. The molecule has 0 aliphatic heterocycles. The van der Waals surface area contributed by atoms with Crippen molar-refractivity contribution < 1.29 is 14.3 Å². The summed E-state index contributed by atoms with van der Waals surface area (Å²) in [5.41, 5.74) is 3.03. The molecule has 0 aliphatic carbocycles. The van der Waals surface area contributed by atoms with E-state index in [-0.39, 0.29) is 17.5 Å². The fourth-order valence-corrected chi connectivity index (χ4v) is 3.13. The number of rotatable bonds is 7. The van der Waals surface area contributed by atoms with Crippen molar-refractivity contribution in [1.82, 2.24) is 10.3 Å². The van der Waals surface area contributed by atoms with Crippen molar-refractivity contribution in [2.45, 2.75) is 0 Å².